The molecule has 1 unspecified atom stereocenters. The van der Waals surface area contributed by atoms with Gasteiger partial charge in [0.2, 0.25) is 15.9 Å². The molecule has 12 heteroatoms. The van der Waals surface area contributed by atoms with Crippen LogP contribution in [-0.4, -0.2) is 68.6 Å². The van der Waals surface area contributed by atoms with Crippen LogP contribution < -0.4 is 14.2 Å². The van der Waals surface area contributed by atoms with Crippen LogP contribution in [0.15, 0.2) is 72.1 Å². The number of fused-ring (bicyclic) bond motifs is 1. The molecule has 0 spiro atoms. The van der Waals surface area contributed by atoms with Gasteiger partial charge in [0.05, 0.1) is 25.5 Å². The van der Waals surface area contributed by atoms with Crippen molar-refractivity contribution in [2.24, 2.45) is 0 Å². The Hall–Kier alpha value is -3.64. The number of halogens is 1. The highest BCUT2D eigenvalue weighted by atomic mass is 35.5. The van der Waals surface area contributed by atoms with Crippen LogP contribution in [0, 0.1) is 0 Å². The van der Waals surface area contributed by atoms with E-state index in [-0.39, 0.29) is 37.2 Å². The number of rotatable bonds is 12. The topological polar surface area (TPSA) is 105 Å². The molecule has 0 bridgehead atoms. The standard InChI is InChI=1S/C32H34ClN3O6S2/c1-32(14-15-36(32)30(37)27-21-43-29-7-5-4-6-26(27)29)31(38)35(20-22-8-11-24(33)12-9-22)16-17-44(39,40)34-19-23-10-13-25(41-2)18-28(23)42-3/h4-13,18,21,34H,14-17,19-20H2,1-3H3. The Morgan fingerprint density at radius 2 is 1.82 bits per heavy atom. The first-order valence-corrected chi connectivity index (χ1v) is 17.0. The molecule has 1 N–H and O–H groups in total. The fourth-order valence-corrected chi connectivity index (χ4v) is 7.33. The molecule has 1 fully saturated rings. The quantitative estimate of drug-likeness (QED) is 0.221. The summed E-state index contributed by atoms with van der Waals surface area (Å²) in [5.74, 6) is 0.239. The molecule has 4 aromatic rings. The molecule has 9 nitrogen and oxygen atoms in total. The summed E-state index contributed by atoms with van der Waals surface area (Å²) in [4.78, 5) is 31.0. The number of nitrogens with one attached hydrogen (secondary N) is 1. The van der Waals surface area contributed by atoms with Crippen molar-refractivity contribution in [2.45, 2.75) is 32.0 Å². The smallest absolute Gasteiger partial charge is 0.256 e. The summed E-state index contributed by atoms with van der Waals surface area (Å²) in [5, 5.41) is 3.24. The Kier molecular flexibility index (Phi) is 9.50. The number of hydrogen-bond acceptors (Lipinski definition) is 7. The van der Waals surface area contributed by atoms with Gasteiger partial charge >= 0.3 is 0 Å². The number of thiophene rings is 1. The van der Waals surface area contributed by atoms with E-state index in [0.717, 1.165) is 15.6 Å². The second-order valence-electron chi connectivity index (χ2n) is 10.8. The molecule has 44 heavy (non-hydrogen) atoms. The van der Waals surface area contributed by atoms with E-state index in [1.807, 2.05) is 29.6 Å². The predicted octanol–water partition coefficient (Wildman–Crippen LogP) is 5.32. The van der Waals surface area contributed by atoms with Gasteiger partial charge in [-0.1, -0.05) is 48.0 Å². The molecular formula is C32H34ClN3O6S2. The average Bonchev–Trinajstić information content (AvgIpc) is 3.46. The lowest BCUT2D eigenvalue weighted by Gasteiger charge is -2.51. The minimum Gasteiger partial charge on any atom is -0.497 e. The first kappa shape index (κ1) is 31.8. The summed E-state index contributed by atoms with van der Waals surface area (Å²) in [5.41, 5.74) is 0.887. The monoisotopic (exact) mass is 655 g/mol. The number of methoxy groups -OCH3 is 2. The molecule has 1 atom stereocenters. The van der Waals surface area contributed by atoms with Crippen molar-refractivity contribution in [1.82, 2.24) is 14.5 Å². The number of nitrogens with zero attached hydrogens (tertiary/aromatic N) is 2. The first-order chi connectivity index (χ1) is 21.0. The largest absolute Gasteiger partial charge is 0.497 e. The van der Waals surface area contributed by atoms with E-state index in [1.165, 1.54) is 30.5 Å². The lowest BCUT2D eigenvalue weighted by molar-refractivity contribution is -0.149. The van der Waals surface area contributed by atoms with E-state index in [4.69, 9.17) is 21.1 Å². The maximum Gasteiger partial charge on any atom is 0.256 e. The van der Waals surface area contributed by atoms with Gasteiger partial charge in [-0.25, -0.2) is 13.1 Å². The van der Waals surface area contributed by atoms with Crippen LogP contribution in [0.4, 0.5) is 0 Å². The third-order valence-corrected chi connectivity index (χ3v) is 10.5. The van der Waals surface area contributed by atoms with Gasteiger partial charge < -0.3 is 19.3 Å². The number of carbonyl (C=O) groups excluding carboxylic acids is 2. The van der Waals surface area contributed by atoms with Crippen molar-refractivity contribution >= 4 is 54.9 Å². The zero-order valence-corrected chi connectivity index (χ0v) is 27.1. The lowest BCUT2D eigenvalue weighted by Crippen LogP contribution is -2.68. The second-order valence-corrected chi connectivity index (χ2v) is 14.1. The van der Waals surface area contributed by atoms with Gasteiger partial charge in [-0.05, 0) is 43.2 Å². The van der Waals surface area contributed by atoms with Gasteiger partial charge in [0.1, 0.15) is 17.0 Å². The van der Waals surface area contributed by atoms with Gasteiger partial charge in [-0.2, -0.15) is 0 Å². The minimum atomic E-state index is -3.80. The van der Waals surface area contributed by atoms with Crippen LogP contribution in [0.2, 0.25) is 5.02 Å². The summed E-state index contributed by atoms with van der Waals surface area (Å²) in [7, 11) is -0.761. The van der Waals surface area contributed by atoms with Crippen LogP contribution in [0.5, 0.6) is 11.5 Å². The first-order valence-electron chi connectivity index (χ1n) is 14.0. The summed E-state index contributed by atoms with van der Waals surface area (Å²) >= 11 is 7.57. The summed E-state index contributed by atoms with van der Waals surface area (Å²) in [6.45, 7) is 2.29. The summed E-state index contributed by atoms with van der Waals surface area (Å²) in [6, 6.07) is 19.9. The van der Waals surface area contributed by atoms with E-state index in [2.05, 4.69) is 4.72 Å². The van der Waals surface area contributed by atoms with Crippen molar-refractivity contribution in [1.29, 1.82) is 0 Å². The third kappa shape index (κ3) is 6.71. The molecule has 0 saturated carbocycles. The van der Waals surface area contributed by atoms with Crippen molar-refractivity contribution in [3.05, 3.63) is 93.8 Å². The molecule has 3 aromatic carbocycles. The number of carbonyl (C=O) groups is 2. The average molecular weight is 656 g/mol. The van der Waals surface area contributed by atoms with E-state index in [1.54, 1.807) is 54.3 Å². The van der Waals surface area contributed by atoms with Gasteiger partial charge in [0, 0.05) is 58.3 Å². The maximum absolute atomic E-state index is 14.2. The van der Waals surface area contributed by atoms with Crippen LogP contribution in [-0.2, 0) is 27.9 Å². The highest BCUT2D eigenvalue weighted by Crippen LogP contribution is 2.37. The normalized spacial score (nSPS) is 16.4. The van der Waals surface area contributed by atoms with Crippen molar-refractivity contribution < 1.29 is 27.5 Å². The van der Waals surface area contributed by atoms with E-state index in [9.17, 15) is 18.0 Å². The third-order valence-electron chi connectivity index (χ3n) is 8.02. The van der Waals surface area contributed by atoms with Crippen molar-refractivity contribution in [3.63, 3.8) is 0 Å². The number of sulfonamides is 1. The number of amides is 2. The molecule has 0 radical (unpaired) electrons. The van der Waals surface area contributed by atoms with Crippen molar-refractivity contribution in [2.75, 3.05) is 33.1 Å². The highest BCUT2D eigenvalue weighted by Gasteiger charge is 2.51. The number of ether oxygens (including phenoxy) is 2. The lowest BCUT2D eigenvalue weighted by atomic mass is 9.84. The minimum absolute atomic E-state index is 0.00915. The predicted molar refractivity (Wildman–Crippen MR) is 173 cm³/mol. The molecule has 2 heterocycles. The van der Waals surface area contributed by atoms with Gasteiger partial charge in [0.15, 0.2) is 0 Å². The summed E-state index contributed by atoms with van der Waals surface area (Å²) < 4.78 is 40.5. The number of benzene rings is 3. The Bertz CT molecular complexity index is 1780. The molecule has 0 aliphatic carbocycles. The molecule has 1 aromatic heterocycles. The second kappa shape index (κ2) is 13.2. The van der Waals surface area contributed by atoms with E-state index >= 15 is 0 Å². The molecule has 232 valence electrons. The van der Waals surface area contributed by atoms with E-state index in [0.29, 0.717) is 40.6 Å². The van der Waals surface area contributed by atoms with E-state index < -0.39 is 15.6 Å². The molecule has 5 rings (SSSR count). The summed E-state index contributed by atoms with van der Waals surface area (Å²) in [6.07, 6.45) is 0.471. The van der Waals surface area contributed by atoms with Crippen LogP contribution in [0.25, 0.3) is 10.1 Å². The van der Waals surface area contributed by atoms with Crippen LogP contribution >= 0.6 is 22.9 Å². The Balaban J connectivity index is 1.33. The SMILES string of the molecule is COc1ccc(CNS(=O)(=O)CCN(Cc2ccc(Cl)cc2)C(=O)C2(C)CCN2C(=O)c2csc3ccccc23)c(OC)c1. The molecular weight excluding hydrogens is 622 g/mol. The van der Waals surface area contributed by atoms with Crippen molar-refractivity contribution in [3.8, 4) is 11.5 Å². The number of hydrogen-bond donors (Lipinski definition) is 1. The Morgan fingerprint density at radius 1 is 1.07 bits per heavy atom. The molecule has 1 saturated heterocycles. The number of likely N-dealkylation sites (tertiary alicyclic amines) is 1. The van der Waals surface area contributed by atoms with Gasteiger partial charge in [0.25, 0.3) is 5.91 Å². The van der Waals surface area contributed by atoms with Crippen LogP contribution in [0.1, 0.15) is 34.8 Å². The Morgan fingerprint density at radius 3 is 2.50 bits per heavy atom. The van der Waals surface area contributed by atoms with Gasteiger partial charge in [-0.3, -0.25) is 9.59 Å². The fourth-order valence-electron chi connectivity index (χ4n) is 5.29. The molecule has 1 aliphatic rings. The maximum atomic E-state index is 14.2. The fraction of sp³-hybridized carbons (Fsp3) is 0.312. The zero-order valence-electron chi connectivity index (χ0n) is 24.7. The van der Waals surface area contributed by atoms with Gasteiger partial charge in [-0.15, -0.1) is 11.3 Å². The Labute approximate surface area is 266 Å². The molecule has 1 aliphatic heterocycles. The zero-order chi connectivity index (χ0) is 31.5. The highest BCUT2D eigenvalue weighted by molar-refractivity contribution is 7.89. The molecule has 2 amide bonds. The van der Waals surface area contributed by atoms with Crippen LogP contribution in [0.3, 0.4) is 0 Å².